The van der Waals surface area contributed by atoms with Crippen LogP contribution >= 0.6 is 23.4 Å². The van der Waals surface area contributed by atoms with Crippen LogP contribution in [0.5, 0.6) is 5.75 Å². The van der Waals surface area contributed by atoms with E-state index in [0.717, 1.165) is 28.5 Å². The molecule has 0 saturated heterocycles. The lowest BCUT2D eigenvalue weighted by molar-refractivity contribution is 0.102. The van der Waals surface area contributed by atoms with Gasteiger partial charge in [-0.3, -0.25) is 4.79 Å². The maximum atomic E-state index is 13.0. The molecule has 27 heavy (non-hydrogen) atoms. The lowest BCUT2D eigenvalue weighted by Crippen LogP contribution is -2.17. The van der Waals surface area contributed by atoms with Crippen LogP contribution in [0.1, 0.15) is 28.5 Å². The zero-order valence-electron chi connectivity index (χ0n) is 14.7. The summed E-state index contributed by atoms with van der Waals surface area (Å²) >= 11 is 7.94. The number of ether oxygens (including phenoxy) is 1. The van der Waals surface area contributed by atoms with E-state index in [1.807, 2.05) is 43.3 Å². The van der Waals surface area contributed by atoms with Crippen LogP contribution < -0.4 is 10.1 Å². The molecule has 3 aromatic rings. The van der Waals surface area contributed by atoms with Crippen molar-refractivity contribution in [3.63, 3.8) is 0 Å². The molecule has 0 radical (unpaired) electrons. The molecule has 1 aliphatic rings. The second-order valence-electron chi connectivity index (χ2n) is 6.04. The number of hydrogen-bond acceptors (Lipinski definition) is 4. The number of carbonyl (C=O) groups excluding carboxylic acids is 1. The van der Waals surface area contributed by atoms with Crippen LogP contribution in [0.15, 0.2) is 48.5 Å². The summed E-state index contributed by atoms with van der Waals surface area (Å²) in [6, 6.07) is 14.7. The van der Waals surface area contributed by atoms with Crippen molar-refractivity contribution in [2.24, 2.45) is 0 Å². The molecule has 1 amide bonds. The second-order valence-corrected chi connectivity index (χ2v) is 7.46. The van der Waals surface area contributed by atoms with E-state index in [1.54, 1.807) is 28.6 Å². The van der Waals surface area contributed by atoms with Gasteiger partial charge in [0, 0.05) is 22.1 Å². The van der Waals surface area contributed by atoms with Gasteiger partial charge in [-0.25, -0.2) is 4.68 Å². The fourth-order valence-electron chi connectivity index (χ4n) is 3.05. The number of thioether (sulfide) groups is 1. The van der Waals surface area contributed by atoms with E-state index in [0.29, 0.717) is 28.8 Å². The van der Waals surface area contributed by atoms with Gasteiger partial charge in [0.05, 0.1) is 23.6 Å². The van der Waals surface area contributed by atoms with Crippen LogP contribution in [-0.2, 0) is 11.5 Å². The van der Waals surface area contributed by atoms with E-state index >= 15 is 0 Å². The summed E-state index contributed by atoms with van der Waals surface area (Å²) in [5.74, 6) is 2.69. The lowest BCUT2D eigenvalue weighted by atomic mass is 10.2. The highest BCUT2D eigenvalue weighted by Gasteiger charge is 2.25. The third-order valence-corrected chi connectivity index (χ3v) is 5.47. The van der Waals surface area contributed by atoms with Gasteiger partial charge in [-0.2, -0.15) is 16.9 Å². The molecule has 5 nitrogen and oxygen atoms in total. The minimum atomic E-state index is -0.220. The summed E-state index contributed by atoms with van der Waals surface area (Å²) in [6.07, 6.45) is 0. The molecule has 1 N–H and O–H groups in total. The number of aromatic nitrogens is 2. The molecule has 0 saturated carbocycles. The Hall–Kier alpha value is -2.44. The number of anilines is 1. The van der Waals surface area contributed by atoms with Gasteiger partial charge in [-0.15, -0.1) is 0 Å². The van der Waals surface area contributed by atoms with Crippen molar-refractivity contribution in [1.82, 2.24) is 9.78 Å². The predicted molar refractivity (Wildman–Crippen MR) is 109 cm³/mol. The molecule has 138 valence electrons. The summed E-state index contributed by atoms with van der Waals surface area (Å²) in [7, 11) is 0. The average molecular weight is 400 g/mol. The quantitative estimate of drug-likeness (QED) is 0.661. The molecule has 0 fully saturated rings. The Morgan fingerprint density at radius 3 is 2.93 bits per heavy atom. The second kappa shape index (κ2) is 7.66. The maximum absolute atomic E-state index is 13.0. The number of fused-ring (bicyclic) bond motifs is 1. The summed E-state index contributed by atoms with van der Waals surface area (Å²) in [5, 5.41) is 8.37. The van der Waals surface area contributed by atoms with E-state index in [2.05, 4.69) is 5.32 Å². The largest absolute Gasteiger partial charge is 0.493 e. The molecule has 0 spiro atoms. The molecule has 4 rings (SSSR count). The number of hydrogen-bond donors (Lipinski definition) is 1. The minimum absolute atomic E-state index is 0.220. The molecule has 0 bridgehead atoms. The molecular weight excluding hydrogens is 382 g/mol. The van der Waals surface area contributed by atoms with Crippen molar-refractivity contribution in [2.45, 2.75) is 18.4 Å². The zero-order chi connectivity index (χ0) is 18.8. The Kier molecular flexibility index (Phi) is 5.09. The summed E-state index contributed by atoms with van der Waals surface area (Å²) in [5.41, 5.74) is 3.36. The smallest absolute Gasteiger partial charge is 0.260 e. The van der Waals surface area contributed by atoms with E-state index in [1.165, 1.54) is 0 Å². The van der Waals surface area contributed by atoms with Crippen molar-refractivity contribution >= 4 is 35.1 Å². The number of carbonyl (C=O) groups is 1. The monoisotopic (exact) mass is 399 g/mol. The fourth-order valence-corrected chi connectivity index (χ4v) is 4.27. The Morgan fingerprint density at radius 2 is 2.11 bits per heavy atom. The van der Waals surface area contributed by atoms with E-state index in [9.17, 15) is 4.79 Å². The van der Waals surface area contributed by atoms with Crippen LogP contribution in [0.25, 0.3) is 5.69 Å². The Morgan fingerprint density at radius 1 is 1.26 bits per heavy atom. The first-order valence-electron chi connectivity index (χ1n) is 8.65. The molecule has 2 heterocycles. The number of nitrogens with zero attached hydrogens (tertiary/aromatic N) is 2. The van der Waals surface area contributed by atoms with Crippen molar-refractivity contribution in [3.05, 3.63) is 70.4 Å². The SMILES string of the molecule is CCOc1ccccc1C(=O)Nc1c2c(nn1-c1cccc(Cl)c1)CSC2. The van der Waals surface area contributed by atoms with Gasteiger partial charge in [0.25, 0.3) is 5.91 Å². The minimum Gasteiger partial charge on any atom is -0.493 e. The molecule has 2 aromatic carbocycles. The fraction of sp³-hybridized carbons (Fsp3) is 0.200. The lowest BCUT2D eigenvalue weighted by Gasteiger charge is -2.13. The number of amides is 1. The highest BCUT2D eigenvalue weighted by molar-refractivity contribution is 7.98. The molecule has 0 unspecified atom stereocenters. The number of nitrogens with one attached hydrogen (secondary N) is 1. The topological polar surface area (TPSA) is 56.1 Å². The Balaban J connectivity index is 1.73. The highest BCUT2D eigenvalue weighted by atomic mass is 35.5. The normalized spacial score (nSPS) is 12.7. The summed E-state index contributed by atoms with van der Waals surface area (Å²) in [6.45, 7) is 2.39. The van der Waals surface area contributed by atoms with Gasteiger partial charge in [0.1, 0.15) is 11.6 Å². The maximum Gasteiger partial charge on any atom is 0.260 e. The van der Waals surface area contributed by atoms with E-state index in [-0.39, 0.29) is 5.91 Å². The molecule has 1 aromatic heterocycles. The van der Waals surface area contributed by atoms with Gasteiger partial charge in [0.15, 0.2) is 0 Å². The first kappa shape index (κ1) is 17.9. The van der Waals surface area contributed by atoms with Crippen molar-refractivity contribution in [2.75, 3.05) is 11.9 Å². The van der Waals surface area contributed by atoms with Gasteiger partial charge >= 0.3 is 0 Å². The number of halogens is 1. The summed E-state index contributed by atoms with van der Waals surface area (Å²) in [4.78, 5) is 13.0. The third-order valence-electron chi connectivity index (χ3n) is 4.27. The molecule has 1 aliphatic heterocycles. The van der Waals surface area contributed by atoms with Crippen LogP contribution in [0.4, 0.5) is 5.82 Å². The van der Waals surface area contributed by atoms with Crippen molar-refractivity contribution in [3.8, 4) is 11.4 Å². The Labute approximate surface area is 166 Å². The highest BCUT2D eigenvalue weighted by Crippen LogP contribution is 2.36. The zero-order valence-corrected chi connectivity index (χ0v) is 16.3. The standard InChI is InChI=1S/C20H18ClN3O2S/c1-2-26-18-9-4-3-8-15(18)20(25)22-19-16-11-27-12-17(16)23-24(19)14-7-5-6-13(21)10-14/h3-10H,2,11-12H2,1H3,(H,22,25). The number of para-hydroxylation sites is 1. The van der Waals surface area contributed by atoms with Crippen molar-refractivity contribution in [1.29, 1.82) is 0 Å². The first-order valence-corrected chi connectivity index (χ1v) is 10.2. The van der Waals surface area contributed by atoms with Gasteiger partial charge in [-0.1, -0.05) is 29.8 Å². The number of rotatable bonds is 5. The molecular formula is C20H18ClN3O2S. The van der Waals surface area contributed by atoms with Crippen LogP contribution in [-0.4, -0.2) is 22.3 Å². The van der Waals surface area contributed by atoms with Crippen LogP contribution in [0.2, 0.25) is 5.02 Å². The molecule has 0 atom stereocenters. The van der Waals surface area contributed by atoms with Crippen LogP contribution in [0, 0.1) is 0 Å². The predicted octanol–water partition coefficient (Wildman–Crippen LogP) is 4.92. The van der Waals surface area contributed by atoms with Crippen molar-refractivity contribution < 1.29 is 9.53 Å². The van der Waals surface area contributed by atoms with E-state index in [4.69, 9.17) is 21.4 Å². The van der Waals surface area contributed by atoms with Gasteiger partial charge in [-0.05, 0) is 37.3 Å². The first-order chi connectivity index (χ1) is 13.2. The average Bonchev–Trinajstić information content (AvgIpc) is 3.25. The third kappa shape index (κ3) is 3.55. The van der Waals surface area contributed by atoms with Gasteiger partial charge < -0.3 is 10.1 Å². The van der Waals surface area contributed by atoms with Crippen LogP contribution in [0.3, 0.4) is 0 Å². The summed E-state index contributed by atoms with van der Waals surface area (Å²) < 4.78 is 7.36. The van der Waals surface area contributed by atoms with E-state index < -0.39 is 0 Å². The molecule has 0 aliphatic carbocycles. The number of benzene rings is 2. The molecule has 7 heteroatoms. The Bertz CT molecular complexity index is 1000. The van der Waals surface area contributed by atoms with Gasteiger partial charge in [0.2, 0.25) is 0 Å².